The summed E-state index contributed by atoms with van der Waals surface area (Å²) in [7, 11) is 3.55. The van der Waals surface area contributed by atoms with E-state index >= 15 is 0 Å². The molecule has 0 radical (unpaired) electrons. The van der Waals surface area contributed by atoms with Gasteiger partial charge in [-0.3, -0.25) is 4.79 Å². The van der Waals surface area contributed by atoms with E-state index in [4.69, 9.17) is 0 Å². The number of hydrogen-bond donors (Lipinski definition) is 0. The van der Waals surface area contributed by atoms with Gasteiger partial charge in [-0.1, -0.05) is 12.1 Å². The van der Waals surface area contributed by atoms with Crippen molar-refractivity contribution in [2.45, 2.75) is 25.7 Å². The van der Waals surface area contributed by atoms with Crippen LogP contribution in [0.15, 0.2) is 23.6 Å². The van der Waals surface area contributed by atoms with Crippen LogP contribution >= 0.6 is 11.3 Å². The summed E-state index contributed by atoms with van der Waals surface area (Å²) < 4.78 is 0. The van der Waals surface area contributed by atoms with Crippen LogP contribution in [0.5, 0.6) is 0 Å². The molecule has 0 N–H and O–H groups in total. The van der Waals surface area contributed by atoms with Crippen molar-refractivity contribution in [1.82, 2.24) is 9.88 Å². The van der Waals surface area contributed by atoms with E-state index in [1.165, 1.54) is 36.0 Å². The maximum atomic E-state index is 11.7. The SMILES string of the molecule is CN(C)C(=O)Cc1nc(-c2ccc3c(c2)CCC3)cs1. The van der Waals surface area contributed by atoms with E-state index in [9.17, 15) is 4.79 Å². The van der Waals surface area contributed by atoms with Crippen LogP contribution in [0, 0.1) is 0 Å². The Labute approximate surface area is 123 Å². The zero-order valence-corrected chi connectivity index (χ0v) is 12.7. The molecule has 1 amide bonds. The van der Waals surface area contributed by atoms with Crippen molar-refractivity contribution in [3.63, 3.8) is 0 Å². The zero-order valence-electron chi connectivity index (χ0n) is 11.8. The fourth-order valence-electron chi connectivity index (χ4n) is 2.54. The van der Waals surface area contributed by atoms with Crippen molar-refractivity contribution in [1.29, 1.82) is 0 Å². The Balaban J connectivity index is 1.81. The Morgan fingerprint density at radius 1 is 1.30 bits per heavy atom. The third kappa shape index (κ3) is 2.61. The van der Waals surface area contributed by atoms with Crippen molar-refractivity contribution in [2.24, 2.45) is 0 Å². The number of aryl methyl sites for hydroxylation is 2. The lowest BCUT2D eigenvalue weighted by molar-refractivity contribution is -0.127. The molecule has 104 valence electrons. The maximum Gasteiger partial charge on any atom is 0.228 e. The molecule has 0 atom stereocenters. The number of thiazole rings is 1. The molecule has 4 heteroatoms. The quantitative estimate of drug-likeness (QED) is 0.869. The highest BCUT2D eigenvalue weighted by Crippen LogP contribution is 2.28. The van der Waals surface area contributed by atoms with Crippen molar-refractivity contribution in [2.75, 3.05) is 14.1 Å². The molecule has 3 rings (SSSR count). The number of hydrogen-bond acceptors (Lipinski definition) is 3. The van der Waals surface area contributed by atoms with E-state index < -0.39 is 0 Å². The zero-order chi connectivity index (χ0) is 14.1. The predicted molar refractivity (Wildman–Crippen MR) is 82.0 cm³/mol. The van der Waals surface area contributed by atoms with Crippen molar-refractivity contribution >= 4 is 17.2 Å². The monoisotopic (exact) mass is 286 g/mol. The van der Waals surface area contributed by atoms with Crippen molar-refractivity contribution in [3.05, 3.63) is 39.7 Å². The van der Waals surface area contributed by atoms with Gasteiger partial charge in [0.25, 0.3) is 0 Å². The van der Waals surface area contributed by atoms with Gasteiger partial charge in [-0.15, -0.1) is 11.3 Å². The molecule has 1 aromatic heterocycles. The molecule has 20 heavy (non-hydrogen) atoms. The van der Waals surface area contributed by atoms with Gasteiger partial charge in [-0.05, 0) is 36.5 Å². The second kappa shape index (κ2) is 5.37. The van der Waals surface area contributed by atoms with E-state index in [0.29, 0.717) is 6.42 Å². The van der Waals surface area contributed by atoms with Crippen LogP contribution in [0.1, 0.15) is 22.6 Å². The Morgan fingerprint density at radius 3 is 2.90 bits per heavy atom. The molecule has 1 heterocycles. The van der Waals surface area contributed by atoms with Crippen LogP contribution in [0.4, 0.5) is 0 Å². The van der Waals surface area contributed by atoms with Gasteiger partial charge in [-0.25, -0.2) is 4.98 Å². The normalized spacial score (nSPS) is 13.3. The van der Waals surface area contributed by atoms with Gasteiger partial charge in [0.2, 0.25) is 5.91 Å². The standard InChI is InChI=1S/C16H18N2OS/c1-18(2)16(19)9-15-17-14(10-20-15)13-7-6-11-4-3-5-12(11)8-13/h6-8,10H,3-5,9H2,1-2H3. The molecular formula is C16H18N2OS. The molecule has 0 unspecified atom stereocenters. The molecule has 1 aromatic carbocycles. The summed E-state index contributed by atoms with van der Waals surface area (Å²) in [5, 5.41) is 2.94. The number of fused-ring (bicyclic) bond motifs is 1. The molecule has 0 spiro atoms. The first-order valence-electron chi connectivity index (χ1n) is 6.90. The fourth-order valence-corrected chi connectivity index (χ4v) is 3.34. The van der Waals surface area contributed by atoms with Crippen LogP contribution < -0.4 is 0 Å². The average Bonchev–Trinajstić information content (AvgIpc) is 3.05. The summed E-state index contributed by atoms with van der Waals surface area (Å²) in [4.78, 5) is 17.9. The van der Waals surface area contributed by atoms with E-state index in [2.05, 4.69) is 28.6 Å². The number of aromatic nitrogens is 1. The molecule has 2 aromatic rings. The number of rotatable bonds is 3. The number of benzene rings is 1. The molecule has 0 saturated heterocycles. The molecule has 0 fully saturated rings. The first kappa shape index (κ1) is 13.3. The van der Waals surface area contributed by atoms with Crippen LogP contribution in [0.3, 0.4) is 0 Å². The Bertz CT molecular complexity index is 646. The largest absolute Gasteiger partial charge is 0.348 e. The van der Waals surface area contributed by atoms with Gasteiger partial charge in [0.15, 0.2) is 0 Å². The third-order valence-electron chi connectivity index (χ3n) is 3.75. The lowest BCUT2D eigenvalue weighted by atomic mass is 10.1. The van der Waals surface area contributed by atoms with Gasteiger partial charge in [0, 0.05) is 25.0 Å². The highest BCUT2D eigenvalue weighted by Gasteiger charge is 2.14. The summed E-state index contributed by atoms with van der Waals surface area (Å²) >= 11 is 1.56. The molecule has 3 nitrogen and oxygen atoms in total. The Kier molecular flexibility index (Phi) is 3.57. The summed E-state index contributed by atoms with van der Waals surface area (Å²) in [6, 6.07) is 6.63. The number of likely N-dealkylation sites (N-methyl/N-ethyl adjacent to an activating group) is 1. The first-order chi connectivity index (χ1) is 9.63. The summed E-state index contributed by atoms with van der Waals surface area (Å²) in [6.45, 7) is 0. The molecular weight excluding hydrogens is 268 g/mol. The van der Waals surface area contributed by atoms with Crippen molar-refractivity contribution in [3.8, 4) is 11.3 Å². The van der Waals surface area contributed by atoms with Gasteiger partial charge < -0.3 is 4.90 Å². The summed E-state index contributed by atoms with van der Waals surface area (Å²) in [5.74, 6) is 0.0971. The van der Waals surface area contributed by atoms with E-state index in [-0.39, 0.29) is 5.91 Å². The number of nitrogens with zero attached hydrogens (tertiary/aromatic N) is 2. The van der Waals surface area contributed by atoms with Gasteiger partial charge >= 0.3 is 0 Å². The Hall–Kier alpha value is -1.68. The van der Waals surface area contributed by atoms with Crippen molar-refractivity contribution < 1.29 is 4.79 Å². The Morgan fingerprint density at radius 2 is 2.10 bits per heavy atom. The molecule has 0 aliphatic heterocycles. The van der Waals surface area contributed by atoms with Gasteiger partial charge in [-0.2, -0.15) is 0 Å². The number of carbonyl (C=O) groups excluding carboxylic acids is 1. The predicted octanol–water partition coefficient (Wildman–Crippen LogP) is 2.93. The second-order valence-corrected chi connectivity index (χ2v) is 6.37. The van der Waals surface area contributed by atoms with Crippen LogP contribution in [0.2, 0.25) is 0 Å². The van der Waals surface area contributed by atoms with E-state index in [0.717, 1.165) is 10.7 Å². The molecule has 0 bridgehead atoms. The van der Waals surface area contributed by atoms with Crippen LogP contribution in [0.25, 0.3) is 11.3 Å². The van der Waals surface area contributed by atoms with E-state index in [1.54, 1.807) is 30.3 Å². The summed E-state index contributed by atoms with van der Waals surface area (Å²) in [5.41, 5.74) is 5.10. The highest BCUT2D eigenvalue weighted by molar-refractivity contribution is 7.10. The van der Waals surface area contributed by atoms with Gasteiger partial charge in [0.1, 0.15) is 5.01 Å². The molecule has 1 aliphatic carbocycles. The first-order valence-corrected chi connectivity index (χ1v) is 7.78. The average molecular weight is 286 g/mol. The minimum absolute atomic E-state index is 0.0971. The lowest BCUT2D eigenvalue weighted by Crippen LogP contribution is -2.23. The highest BCUT2D eigenvalue weighted by atomic mass is 32.1. The van der Waals surface area contributed by atoms with Gasteiger partial charge in [0.05, 0.1) is 12.1 Å². The lowest BCUT2D eigenvalue weighted by Gasteiger charge is -2.07. The topological polar surface area (TPSA) is 33.2 Å². The minimum atomic E-state index is 0.0971. The maximum absolute atomic E-state index is 11.7. The van der Waals surface area contributed by atoms with Crippen LogP contribution in [-0.4, -0.2) is 29.9 Å². The summed E-state index contributed by atoms with van der Waals surface area (Å²) in [6.07, 6.45) is 4.04. The molecule has 0 saturated carbocycles. The van der Waals surface area contributed by atoms with E-state index in [1.807, 2.05) is 0 Å². The smallest absolute Gasteiger partial charge is 0.228 e. The third-order valence-corrected chi connectivity index (χ3v) is 4.60. The fraction of sp³-hybridized carbons (Fsp3) is 0.375. The van der Waals surface area contributed by atoms with Crippen LogP contribution in [-0.2, 0) is 24.1 Å². The number of amides is 1. The minimum Gasteiger partial charge on any atom is -0.348 e. The number of carbonyl (C=O) groups is 1. The molecule has 1 aliphatic rings. The second-order valence-electron chi connectivity index (χ2n) is 5.43.